The lowest BCUT2D eigenvalue weighted by atomic mass is 10.2. The molecule has 0 aliphatic rings. The normalized spacial score (nSPS) is 10.8. The molecule has 0 saturated carbocycles. The first kappa shape index (κ1) is 12.2. The van der Waals surface area contributed by atoms with E-state index in [1.165, 1.54) is 21.4 Å². The summed E-state index contributed by atoms with van der Waals surface area (Å²) in [4.78, 5) is 4.58. The van der Waals surface area contributed by atoms with Crippen LogP contribution in [0.4, 0.5) is 5.69 Å². The second-order valence-corrected chi connectivity index (χ2v) is 5.32. The molecule has 96 valence electrons. The third kappa shape index (κ3) is 2.61. The molecule has 0 bridgehead atoms. The number of aromatic amines is 1. The molecule has 1 heterocycles. The van der Waals surface area contributed by atoms with Gasteiger partial charge < -0.3 is 10.3 Å². The van der Waals surface area contributed by atoms with Crippen LogP contribution in [0.1, 0.15) is 5.56 Å². The molecule has 0 unspecified atom stereocenters. The topological polar surface area (TPSA) is 27.8 Å². The van der Waals surface area contributed by atoms with Crippen molar-refractivity contribution in [3.63, 3.8) is 0 Å². The van der Waals surface area contributed by atoms with Crippen molar-refractivity contribution >= 4 is 28.4 Å². The number of anilines is 1. The number of hydrogen-bond donors (Lipinski definition) is 2. The van der Waals surface area contributed by atoms with Gasteiger partial charge in [0.2, 0.25) is 0 Å². The van der Waals surface area contributed by atoms with Gasteiger partial charge in [0, 0.05) is 34.2 Å². The molecule has 0 spiro atoms. The van der Waals surface area contributed by atoms with E-state index in [2.05, 4.69) is 71.3 Å². The van der Waals surface area contributed by atoms with Crippen molar-refractivity contribution in [2.24, 2.45) is 0 Å². The van der Waals surface area contributed by atoms with E-state index in [9.17, 15) is 0 Å². The van der Waals surface area contributed by atoms with Crippen molar-refractivity contribution in [2.45, 2.75) is 11.4 Å². The van der Waals surface area contributed by atoms with Crippen LogP contribution in [0, 0.1) is 0 Å². The molecule has 19 heavy (non-hydrogen) atoms. The summed E-state index contributed by atoms with van der Waals surface area (Å²) in [7, 11) is 0. The number of thioether (sulfide) groups is 1. The predicted octanol–water partition coefficient (Wildman–Crippen LogP) is 4.50. The highest BCUT2D eigenvalue weighted by Crippen LogP contribution is 2.21. The van der Waals surface area contributed by atoms with E-state index >= 15 is 0 Å². The summed E-state index contributed by atoms with van der Waals surface area (Å²) in [6, 6.07) is 16.9. The van der Waals surface area contributed by atoms with E-state index in [4.69, 9.17) is 0 Å². The molecular formula is C16H16N2S. The Kier molecular flexibility index (Phi) is 3.47. The molecule has 0 fully saturated rings. The van der Waals surface area contributed by atoms with Gasteiger partial charge in [0.1, 0.15) is 0 Å². The quantitative estimate of drug-likeness (QED) is 0.682. The maximum Gasteiger partial charge on any atom is 0.0457 e. The number of hydrogen-bond acceptors (Lipinski definition) is 2. The minimum Gasteiger partial charge on any atom is -0.381 e. The highest BCUT2D eigenvalue weighted by molar-refractivity contribution is 7.98. The number of H-pyrrole nitrogens is 1. The van der Waals surface area contributed by atoms with E-state index < -0.39 is 0 Å². The van der Waals surface area contributed by atoms with Crippen molar-refractivity contribution < 1.29 is 0 Å². The number of benzene rings is 2. The second kappa shape index (κ2) is 5.41. The summed E-state index contributed by atoms with van der Waals surface area (Å²) in [5.41, 5.74) is 3.65. The molecule has 3 heteroatoms. The second-order valence-electron chi connectivity index (χ2n) is 4.45. The Bertz CT molecular complexity index is 688. The Labute approximate surface area is 117 Å². The first-order chi connectivity index (χ1) is 9.36. The van der Waals surface area contributed by atoms with Crippen LogP contribution in [0.5, 0.6) is 0 Å². The molecule has 0 atom stereocenters. The molecular weight excluding hydrogens is 252 g/mol. The molecule has 3 aromatic rings. The minimum absolute atomic E-state index is 0.835. The van der Waals surface area contributed by atoms with Crippen LogP contribution in [-0.2, 0) is 6.54 Å². The van der Waals surface area contributed by atoms with Crippen molar-refractivity contribution in [3.05, 3.63) is 60.3 Å². The van der Waals surface area contributed by atoms with Gasteiger partial charge in [-0.25, -0.2) is 0 Å². The zero-order valence-electron chi connectivity index (χ0n) is 10.8. The number of nitrogens with one attached hydrogen (secondary N) is 2. The standard InChI is InChI=1S/C16H16N2S/c1-19-14-6-4-5-13(9-14)17-10-12-11-18-16-8-3-2-7-15(12)16/h2-9,11,17-18H,10H2,1H3. The summed E-state index contributed by atoms with van der Waals surface area (Å²) < 4.78 is 0. The Morgan fingerprint density at radius 1 is 1.11 bits per heavy atom. The fourth-order valence-corrected chi connectivity index (χ4v) is 2.67. The fraction of sp³-hybridized carbons (Fsp3) is 0.125. The maximum atomic E-state index is 3.48. The molecule has 1 aromatic heterocycles. The van der Waals surface area contributed by atoms with Crippen LogP contribution in [0.3, 0.4) is 0 Å². The number of aromatic nitrogens is 1. The molecule has 2 aromatic carbocycles. The van der Waals surface area contributed by atoms with Crippen LogP contribution in [0.25, 0.3) is 10.9 Å². The van der Waals surface area contributed by atoms with E-state index in [-0.39, 0.29) is 0 Å². The van der Waals surface area contributed by atoms with E-state index in [0.717, 1.165) is 12.2 Å². The largest absolute Gasteiger partial charge is 0.381 e. The Morgan fingerprint density at radius 2 is 2.00 bits per heavy atom. The van der Waals surface area contributed by atoms with E-state index in [1.807, 2.05) is 0 Å². The van der Waals surface area contributed by atoms with Crippen molar-refractivity contribution in [1.82, 2.24) is 4.98 Å². The van der Waals surface area contributed by atoms with Gasteiger partial charge >= 0.3 is 0 Å². The van der Waals surface area contributed by atoms with E-state index in [1.54, 1.807) is 11.8 Å². The van der Waals surface area contributed by atoms with Crippen LogP contribution in [0.15, 0.2) is 59.6 Å². The maximum absolute atomic E-state index is 3.48. The van der Waals surface area contributed by atoms with Gasteiger partial charge in [-0.2, -0.15) is 0 Å². The van der Waals surface area contributed by atoms with Gasteiger partial charge in [-0.05, 0) is 36.1 Å². The smallest absolute Gasteiger partial charge is 0.0457 e. The summed E-state index contributed by atoms with van der Waals surface area (Å²) in [6.45, 7) is 0.835. The zero-order valence-corrected chi connectivity index (χ0v) is 11.6. The first-order valence-corrected chi connectivity index (χ1v) is 7.52. The van der Waals surface area contributed by atoms with E-state index in [0.29, 0.717) is 0 Å². The van der Waals surface area contributed by atoms with Crippen LogP contribution >= 0.6 is 11.8 Å². The van der Waals surface area contributed by atoms with Gasteiger partial charge in [0.25, 0.3) is 0 Å². The highest BCUT2D eigenvalue weighted by atomic mass is 32.2. The lowest BCUT2D eigenvalue weighted by Gasteiger charge is -2.07. The van der Waals surface area contributed by atoms with Crippen LogP contribution < -0.4 is 5.32 Å². The predicted molar refractivity (Wildman–Crippen MR) is 83.8 cm³/mol. The Morgan fingerprint density at radius 3 is 2.89 bits per heavy atom. The van der Waals surface area contributed by atoms with Crippen molar-refractivity contribution in [1.29, 1.82) is 0 Å². The monoisotopic (exact) mass is 268 g/mol. The molecule has 0 aliphatic carbocycles. The van der Waals surface area contributed by atoms with Gasteiger partial charge in [0.05, 0.1) is 0 Å². The zero-order chi connectivity index (χ0) is 13.1. The van der Waals surface area contributed by atoms with Gasteiger partial charge in [-0.3, -0.25) is 0 Å². The molecule has 0 aliphatic heterocycles. The summed E-state index contributed by atoms with van der Waals surface area (Å²) in [5, 5.41) is 4.77. The summed E-state index contributed by atoms with van der Waals surface area (Å²) in [6.07, 6.45) is 4.18. The SMILES string of the molecule is CSc1cccc(NCc2c[nH]c3ccccc23)c1. The van der Waals surface area contributed by atoms with Crippen LogP contribution in [0.2, 0.25) is 0 Å². The third-order valence-electron chi connectivity index (χ3n) is 3.23. The lowest BCUT2D eigenvalue weighted by Crippen LogP contribution is -1.98. The van der Waals surface area contributed by atoms with Crippen molar-refractivity contribution in [3.8, 4) is 0 Å². The molecule has 0 saturated heterocycles. The molecule has 0 radical (unpaired) electrons. The minimum atomic E-state index is 0.835. The molecule has 2 nitrogen and oxygen atoms in total. The number of para-hydroxylation sites is 1. The average Bonchev–Trinajstić information content (AvgIpc) is 2.89. The molecule has 2 N–H and O–H groups in total. The summed E-state index contributed by atoms with van der Waals surface area (Å²) >= 11 is 1.76. The first-order valence-electron chi connectivity index (χ1n) is 6.30. The number of fused-ring (bicyclic) bond motifs is 1. The average molecular weight is 268 g/mol. The highest BCUT2D eigenvalue weighted by Gasteiger charge is 2.02. The fourth-order valence-electron chi connectivity index (χ4n) is 2.21. The summed E-state index contributed by atoms with van der Waals surface area (Å²) in [5.74, 6) is 0. The van der Waals surface area contributed by atoms with Gasteiger partial charge in [0.15, 0.2) is 0 Å². The van der Waals surface area contributed by atoms with Crippen molar-refractivity contribution in [2.75, 3.05) is 11.6 Å². The third-order valence-corrected chi connectivity index (χ3v) is 3.95. The van der Waals surface area contributed by atoms with Gasteiger partial charge in [-0.15, -0.1) is 11.8 Å². The van der Waals surface area contributed by atoms with Crippen LogP contribution in [-0.4, -0.2) is 11.2 Å². The Balaban J connectivity index is 1.78. The Hall–Kier alpha value is -1.87. The molecule has 3 rings (SSSR count). The van der Waals surface area contributed by atoms with Gasteiger partial charge in [-0.1, -0.05) is 24.3 Å². The molecule has 0 amide bonds. The lowest BCUT2D eigenvalue weighted by molar-refractivity contribution is 1.16. The number of rotatable bonds is 4.